The summed E-state index contributed by atoms with van der Waals surface area (Å²) in [5.74, 6) is -5.38. The zero-order valence-corrected chi connectivity index (χ0v) is 45.8. The number of imide groups is 2. The minimum absolute atomic E-state index is 0.000968. The van der Waals surface area contributed by atoms with E-state index in [0.29, 0.717) is 61.2 Å². The van der Waals surface area contributed by atoms with Gasteiger partial charge in [0.1, 0.15) is 40.4 Å². The first-order chi connectivity index (χ1) is 39.3. The number of benzene rings is 2. The number of piperazine rings is 1. The molecule has 25 nitrogen and oxygen atoms in total. The van der Waals surface area contributed by atoms with E-state index in [9.17, 15) is 52.7 Å². The molecule has 3 aliphatic rings. The number of nitrogens with one attached hydrogen (secondary N) is 5. The maximum Gasteiger partial charge on any atom is 0.342 e. The molecule has 0 radical (unpaired) electrons. The second-order valence-electron chi connectivity index (χ2n) is 20.1. The van der Waals surface area contributed by atoms with Crippen LogP contribution >= 0.6 is 0 Å². The molecule has 25 heteroatoms. The van der Waals surface area contributed by atoms with Crippen molar-refractivity contribution in [3.63, 3.8) is 0 Å². The number of anilines is 5. The summed E-state index contributed by atoms with van der Waals surface area (Å²) in [6, 6.07) is 12.3. The predicted octanol–water partition coefficient (Wildman–Crippen LogP) is 4.73. The number of Topliss-reactive ketones (excluding diaryl/α,β-unsaturated/α-hetero) is 4. The summed E-state index contributed by atoms with van der Waals surface area (Å²) in [5, 5.41) is 8.29. The highest BCUT2D eigenvalue weighted by atomic mass is 16.5. The molecule has 5 N–H and O–H groups in total. The third-order valence-corrected chi connectivity index (χ3v) is 13.9. The van der Waals surface area contributed by atoms with Crippen LogP contribution in [0.5, 0.6) is 5.88 Å². The molecule has 2 aromatic carbocycles. The standard InChI is InChI=1S/C57H62N12O13/c1-6-46(74)60-42-29-43(64-65-57-58-30-39(56(80)82-32(2)3)50(62-57)40-31-66(4)44-13-8-7-10-37(40)44)53(81-5)63-51(42)68-26-24-67(25-27-68)23-22-35(72)17-16-33(70)14-15-34(71)18-19-36(73)28-48(76)59-41-12-9-11-38-49(41)55(79)69(54(38)78)45-20-21-47(75)61-52(45)77/h6-13,29-32,45,64H,1,14-28H2,2-5H3,(H,59,76)(H,60,74)(H,58,62,65)(H,61,75,77). The molecule has 6 amide bonds. The third-order valence-electron chi connectivity index (χ3n) is 13.9. The molecule has 3 aromatic heterocycles. The zero-order chi connectivity index (χ0) is 58.8. The van der Waals surface area contributed by atoms with Crippen LogP contribution in [0.4, 0.5) is 28.8 Å². The van der Waals surface area contributed by atoms with Crippen molar-refractivity contribution >= 4 is 104 Å². The van der Waals surface area contributed by atoms with Crippen molar-refractivity contribution in [3.05, 3.63) is 90.3 Å². The fourth-order valence-electron chi connectivity index (χ4n) is 9.74. The van der Waals surface area contributed by atoms with Gasteiger partial charge in [0.15, 0.2) is 5.82 Å². The highest BCUT2D eigenvalue weighted by molar-refractivity contribution is 6.26. The number of para-hydroxylation sites is 1. The average Bonchev–Trinajstić information content (AvgIpc) is 4.02. The molecule has 1 atom stereocenters. The summed E-state index contributed by atoms with van der Waals surface area (Å²) in [4.78, 5) is 159. The van der Waals surface area contributed by atoms with Gasteiger partial charge in [-0.1, -0.05) is 30.8 Å². The lowest BCUT2D eigenvalue weighted by atomic mass is 10.0. The summed E-state index contributed by atoms with van der Waals surface area (Å²) < 4.78 is 13.2. The van der Waals surface area contributed by atoms with E-state index in [1.54, 1.807) is 19.9 Å². The number of ether oxygens (including phenoxy) is 2. The Balaban J connectivity index is 0.769. The summed E-state index contributed by atoms with van der Waals surface area (Å²) in [5.41, 5.74) is 8.59. The Bertz CT molecular complexity index is 3420. The van der Waals surface area contributed by atoms with Gasteiger partial charge in [0.25, 0.3) is 11.8 Å². The number of carbonyl (C=O) groups is 11. The molecule has 6 heterocycles. The topological polar surface area (TPSA) is 320 Å². The van der Waals surface area contributed by atoms with Gasteiger partial charge in [0.2, 0.25) is 35.5 Å². The number of rotatable bonds is 26. The molecule has 5 aromatic rings. The number of fused-ring (bicyclic) bond motifs is 2. The SMILES string of the molecule is C=CC(=O)Nc1cc(NNc2ncc(C(=O)OC(C)C)c(-c3cn(C)c4ccccc34)n2)c(OC)nc1N1CCN(CCC(=O)CCC(=O)CCC(=O)CCC(=O)CC(=O)Nc2cccc3c2C(=O)N(C2CCC(=O)NC2=O)C3=O)CC1. The lowest BCUT2D eigenvalue weighted by molar-refractivity contribution is -0.136. The first-order valence-corrected chi connectivity index (χ1v) is 26.7. The Morgan fingerprint density at radius 3 is 2.13 bits per heavy atom. The Hall–Kier alpha value is -9.52. The molecular weight excluding hydrogens is 1060 g/mol. The molecule has 3 aliphatic heterocycles. The summed E-state index contributed by atoms with van der Waals surface area (Å²) in [6.07, 6.45) is 2.70. The second-order valence-corrected chi connectivity index (χ2v) is 20.1. The molecule has 0 spiro atoms. The quantitative estimate of drug-likeness (QED) is 0.0164. The molecule has 2 fully saturated rings. The van der Waals surface area contributed by atoms with Crippen molar-refractivity contribution in [3.8, 4) is 17.1 Å². The van der Waals surface area contributed by atoms with Gasteiger partial charge in [-0.15, -0.1) is 0 Å². The van der Waals surface area contributed by atoms with Gasteiger partial charge >= 0.3 is 5.97 Å². The third kappa shape index (κ3) is 13.9. The number of hydrogen-bond acceptors (Lipinski definition) is 20. The summed E-state index contributed by atoms with van der Waals surface area (Å²) in [7, 11) is 3.35. The molecule has 0 aliphatic carbocycles. The van der Waals surface area contributed by atoms with Crippen LogP contribution in [0, 0.1) is 0 Å². The molecule has 428 valence electrons. The number of carbonyl (C=O) groups excluding carboxylic acids is 11. The number of methoxy groups -OCH3 is 1. The second kappa shape index (κ2) is 26.2. The lowest BCUT2D eigenvalue weighted by Crippen LogP contribution is -2.54. The maximum absolute atomic E-state index is 13.3. The summed E-state index contributed by atoms with van der Waals surface area (Å²) in [6.45, 7) is 9.58. The van der Waals surface area contributed by atoms with Gasteiger partial charge in [-0.2, -0.15) is 4.98 Å². The monoisotopic (exact) mass is 1120 g/mol. The fourth-order valence-corrected chi connectivity index (χ4v) is 9.74. The number of aryl methyl sites for hydroxylation is 1. The normalized spacial score (nSPS) is 15.2. The molecule has 1 unspecified atom stereocenters. The first kappa shape index (κ1) is 58.6. The van der Waals surface area contributed by atoms with E-state index in [1.807, 2.05) is 47.0 Å². The highest BCUT2D eigenvalue weighted by Gasteiger charge is 2.46. The number of pyridine rings is 1. The number of hydrazine groups is 1. The average molecular weight is 1120 g/mol. The van der Waals surface area contributed by atoms with Crippen LogP contribution in [-0.2, 0) is 50.1 Å². The first-order valence-electron chi connectivity index (χ1n) is 26.7. The molecule has 0 saturated carbocycles. The Morgan fingerprint density at radius 2 is 1.46 bits per heavy atom. The van der Waals surface area contributed by atoms with Gasteiger partial charge in [-0.25, -0.2) is 14.8 Å². The van der Waals surface area contributed by atoms with Gasteiger partial charge in [-0.3, -0.25) is 73.9 Å². The van der Waals surface area contributed by atoms with Gasteiger partial charge in [0, 0.05) is 120 Å². The molecular formula is C57H62N12O13. The molecule has 82 heavy (non-hydrogen) atoms. The summed E-state index contributed by atoms with van der Waals surface area (Å²) >= 11 is 0. The fraction of sp³-hybridized carbons (Fsp3) is 0.368. The van der Waals surface area contributed by atoms with E-state index in [2.05, 4.69) is 43.3 Å². The van der Waals surface area contributed by atoms with Gasteiger partial charge < -0.3 is 29.6 Å². The van der Waals surface area contributed by atoms with Crippen LogP contribution in [0.25, 0.3) is 22.2 Å². The van der Waals surface area contributed by atoms with Crippen LogP contribution in [0.3, 0.4) is 0 Å². The van der Waals surface area contributed by atoms with Crippen molar-refractivity contribution in [2.45, 2.75) is 90.2 Å². The van der Waals surface area contributed by atoms with Crippen molar-refractivity contribution in [2.24, 2.45) is 7.05 Å². The number of amides is 6. The molecule has 8 rings (SSSR count). The van der Waals surface area contributed by atoms with Crippen LogP contribution in [-0.4, -0.2) is 146 Å². The van der Waals surface area contributed by atoms with Crippen molar-refractivity contribution < 1.29 is 62.2 Å². The maximum atomic E-state index is 13.3. The lowest BCUT2D eigenvalue weighted by Gasteiger charge is -2.36. The van der Waals surface area contributed by atoms with Gasteiger partial charge in [-0.05, 0) is 50.6 Å². The molecule has 0 bridgehead atoms. The Morgan fingerprint density at radius 1 is 0.780 bits per heavy atom. The minimum Gasteiger partial charge on any atom is -0.479 e. The smallest absolute Gasteiger partial charge is 0.342 e. The predicted molar refractivity (Wildman–Crippen MR) is 299 cm³/mol. The van der Waals surface area contributed by atoms with Crippen molar-refractivity contribution in [1.82, 2.24) is 34.6 Å². The van der Waals surface area contributed by atoms with E-state index in [0.717, 1.165) is 21.9 Å². The number of esters is 1. The van der Waals surface area contributed by atoms with Gasteiger partial charge in [0.05, 0.1) is 47.8 Å². The largest absolute Gasteiger partial charge is 0.479 e. The van der Waals surface area contributed by atoms with Crippen LogP contribution in [0.2, 0.25) is 0 Å². The van der Waals surface area contributed by atoms with Crippen LogP contribution < -0.4 is 36.4 Å². The van der Waals surface area contributed by atoms with Crippen molar-refractivity contribution in [1.29, 1.82) is 0 Å². The van der Waals surface area contributed by atoms with Crippen LogP contribution in [0.1, 0.15) is 109 Å². The number of aromatic nitrogens is 4. The highest BCUT2D eigenvalue weighted by Crippen LogP contribution is 2.36. The van der Waals surface area contributed by atoms with Crippen molar-refractivity contribution in [2.75, 3.05) is 66.2 Å². The number of piperidine rings is 1. The van der Waals surface area contributed by atoms with Crippen LogP contribution in [0.15, 0.2) is 73.6 Å². The number of nitrogens with zero attached hydrogens (tertiary/aromatic N) is 7. The molecule has 2 saturated heterocycles. The number of ketones is 4. The van der Waals surface area contributed by atoms with E-state index in [-0.39, 0.29) is 115 Å². The minimum atomic E-state index is -1.20. The van der Waals surface area contributed by atoms with E-state index in [1.165, 1.54) is 31.5 Å². The Kier molecular flexibility index (Phi) is 18.7. The van der Waals surface area contributed by atoms with E-state index in [4.69, 9.17) is 19.4 Å². The van der Waals surface area contributed by atoms with E-state index < -0.39 is 59.7 Å². The zero-order valence-electron chi connectivity index (χ0n) is 45.8. The van der Waals surface area contributed by atoms with E-state index >= 15 is 0 Å². The number of hydrogen-bond donors (Lipinski definition) is 5. The Labute approximate surface area is 470 Å².